The zero-order valence-electron chi connectivity index (χ0n) is 38.0. The molecule has 0 amide bonds. The van der Waals surface area contributed by atoms with Crippen LogP contribution in [0.25, 0.3) is 75.8 Å². The van der Waals surface area contributed by atoms with Gasteiger partial charge in [-0.2, -0.15) is 0 Å². The Labute approximate surface area is 410 Å². The molecule has 0 saturated carbocycles. The fourth-order valence-electron chi connectivity index (χ4n) is 13.7. The van der Waals surface area contributed by atoms with E-state index in [0.29, 0.717) is 0 Å². The van der Waals surface area contributed by atoms with Crippen LogP contribution in [0.4, 0.5) is 17.1 Å². The maximum absolute atomic E-state index is 2.56. The molecule has 324 valence electrons. The van der Waals surface area contributed by atoms with Gasteiger partial charge in [0.2, 0.25) is 0 Å². The molecule has 12 aromatic rings. The first-order valence-electron chi connectivity index (χ1n) is 24.4. The van der Waals surface area contributed by atoms with Crippen LogP contribution < -0.4 is 4.90 Å². The van der Waals surface area contributed by atoms with Crippen LogP contribution in [0, 0.1) is 0 Å². The molecule has 0 unspecified atom stereocenters. The second-order valence-corrected chi connectivity index (χ2v) is 20.5. The van der Waals surface area contributed by atoms with Crippen molar-refractivity contribution in [2.75, 3.05) is 4.90 Å². The summed E-state index contributed by atoms with van der Waals surface area (Å²) in [6.45, 7) is 0. The van der Waals surface area contributed by atoms with Crippen molar-refractivity contribution < 1.29 is 0 Å². The van der Waals surface area contributed by atoms with Crippen molar-refractivity contribution in [3.05, 3.63) is 293 Å². The van der Waals surface area contributed by atoms with Crippen molar-refractivity contribution in [2.45, 2.75) is 10.8 Å². The highest BCUT2D eigenvalue weighted by Crippen LogP contribution is 2.66. The van der Waals surface area contributed by atoms with Crippen molar-refractivity contribution in [1.82, 2.24) is 0 Å². The Morgan fingerprint density at radius 3 is 1.29 bits per heavy atom. The molecule has 2 heteroatoms. The monoisotopic (exact) mass is 903 g/mol. The maximum atomic E-state index is 2.56. The van der Waals surface area contributed by atoms with Crippen LogP contribution in [0.3, 0.4) is 0 Å². The summed E-state index contributed by atoms with van der Waals surface area (Å²) in [6.07, 6.45) is 0. The summed E-state index contributed by atoms with van der Waals surface area (Å²) < 4.78 is 2.65. The van der Waals surface area contributed by atoms with E-state index >= 15 is 0 Å². The molecule has 70 heavy (non-hydrogen) atoms. The summed E-state index contributed by atoms with van der Waals surface area (Å²) in [5, 5.41) is 2.63. The number of hydrogen-bond donors (Lipinski definition) is 0. The number of benzene rings is 11. The summed E-state index contributed by atoms with van der Waals surface area (Å²) in [5.41, 5.74) is 26.0. The topological polar surface area (TPSA) is 3.24 Å². The molecule has 11 aromatic carbocycles. The first kappa shape index (κ1) is 38.4. The summed E-state index contributed by atoms with van der Waals surface area (Å²) in [6, 6.07) is 94.3. The average Bonchev–Trinajstić information content (AvgIpc) is 4.21. The highest BCUT2D eigenvalue weighted by Gasteiger charge is 2.54. The second-order valence-electron chi connectivity index (χ2n) is 19.4. The number of fused-ring (bicyclic) bond motifs is 23. The van der Waals surface area contributed by atoms with Gasteiger partial charge >= 0.3 is 0 Å². The largest absolute Gasteiger partial charge is 0.310 e. The smallest absolute Gasteiger partial charge is 0.0726 e. The molecule has 4 aliphatic rings. The zero-order valence-corrected chi connectivity index (χ0v) is 38.8. The summed E-state index contributed by atoms with van der Waals surface area (Å²) in [4.78, 5) is 2.56. The molecule has 0 bridgehead atoms. The van der Waals surface area contributed by atoms with Crippen molar-refractivity contribution in [3.63, 3.8) is 0 Å². The van der Waals surface area contributed by atoms with Gasteiger partial charge in [0.05, 0.1) is 16.5 Å². The Morgan fingerprint density at radius 2 is 0.700 bits per heavy atom. The van der Waals surface area contributed by atoms with Crippen LogP contribution in [0.2, 0.25) is 0 Å². The van der Waals surface area contributed by atoms with E-state index in [-0.39, 0.29) is 0 Å². The van der Waals surface area contributed by atoms with E-state index in [1.165, 1.54) is 126 Å². The van der Waals surface area contributed by atoms with E-state index < -0.39 is 10.8 Å². The lowest BCUT2D eigenvalue weighted by atomic mass is 9.70. The summed E-state index contributed by atoms with van der Waals surface area (Å²) in [5.74, 6) is 0. The molecule has 16 rings (SSSR count). The fourth-order valence-corrected chi connectivity index (χ4v) is 14.8. The molecular weight excluding hydrogens is 863 g/mol. The number of hydrogen-bond acceptors (Lipinski definition) is 2. The van der Waals surface area contributed by atoms with Crippen molar-refractivity contribution in [1.29, 1.82) is 0 Å². The summed E-state index contributed by atoms with van der Waals surface area (Å²) >= 11 is 1.87. The molecule has 0 aliphatic heterocycles. The molecule has 0 fully saturated rings. The number of nitrogens with zero attached hydrogens (tertiary/aromatic N) is 1. The van der Waals surface area contributed by atoms with Crippen molar-refractivity contribution in [3.8, 4) is 55.6 Å². The average molecular weight is 904 g/mol. The van der Waals surface area contributed by atoms with E-state index in [0.717, 1.165) is 11.4 Å². The molecule has 0 saturated heterocycles. The van der Waals surface area contributed by atoms with Crippen molar-refractivity contribution >= 4 is 48.6 Å². The molecular formula is C68H41NS. The minimum atomic E-state index is -0.471. The number of rotatable bonds is 4. The van der Waals surface area contributed by atoms with Crippen LogP contribution in [0.1, 0.15) is 44.5 Å². The normalized spacial score (nSPS) is 14.2. The molecule has 4 aliphatic carbocycles. The number of anilines is 3. The minimum Gasteiger partial charge on any atom is -0.310 e. The summed E-state index contributed by atoms with van der Waals surface area (Å²) in [7, 11) is 0. The number of thiophene rings is 1. The van der Waals surface area contributed by atoms with E-state index in [1.54, 1.807) is 0 Å². The lowest BCUT2D eigenvalue weighted by molar-refractivity contribution is 0.793. The first-order chi connectivity index (χ1) is 34.7. The lowest BCUT2D eigenvalue weighted by Gasteiger charge is -2.33. The van der Waals surface area contributed by atoms with Crippen LogP contribution >= 0.6 is 11.3 Å². The fraction of sp³-hybridized carbons (Fsp3) is 0.0294. The zero-order chi connectivity index (χ0) is 45.7. The molecule has 0 radical (unpaired) electrons. The predicted molar refractivity (Wildman–Crippen MR) is 292 cm³/mol. The second kappa shape index (κ2) is 14.0. The highest BCUT2D eigenvalue weighted by atomic mass is 32.1. The predicted octanol–water partition coefficient (Wildman–Crippen LogP) is 17.9. The first-order valence-corrected chi connectivity index (χ1v) is 25.2. The Kier molecular flexibility index (Phi) is 7.69. The third-order valence-corrected chi connectivity index (χ3v) is 17.5. The van der Waals surface area contributed by atoms with Crippen LogP contribution in [0.15, 0.2) is 249 Å². The van der Waals surface area contributed by atoms with Gasteiger partial charge in [-0.15, -0.1) is 11.3 Å². The van der Waals surface area contributed by atoms with Crippen LogP contribution in [0.5, 0.6) is 0 Å². The SMILES string of the molecule is c1ccc2c(c1)-c1ccccc1C21c2ccccc2-c2ccc(N(c3ccc(-c4ccc5sc6ccccc6c5c4)cc3)c3cccc4c3-c3ccccc3C43c4ccccc4-c4ccccc43)cc21. The van der Waals surface area contributed by atoms with Gasteiger partial charge in [-0.1, -0.05) is 200 Å². The van der Waals surface area contributed by atoms with Gasteiger partial charge in [-0.25, -0.2) is 0 Å². The van der Waals surface area contributed by atoms with E-state index in [9.17, 15) is 0 Å². The quantitative estimate of drug-likeness (QED) is 0.170. The van der Waals surface area contributed by atoms with Crippen LogP contribution in [-0.4, -0.2) is 0 Å². The van der Waals surface area contributed by atoms with E-state index in [1.807, 2.05) is 11.3 Å². The third-order valence-electron chi connectivity index (χ3n) is 16.3. The molecule has 0 N–H and O–H groups in total. The Morgan fingerprint density at radius 1 is 0.271 bits per heavy atom. The Balaban J connectivity index is 0.957. The van der Waals surface area contributed by atoms with Gasteiger partial charge in [0.1, 0.15) is 0 Å². The van der Waals surface area contributed by atoms with Gasteiger partial charge < -0.3 is 4.90 Å². The third kappa shape index (κ3) is 4.76. The Bertz CT molecular complexity index is 4100. The standard InChI is InChI=1S/C68H41NS/c1-8-23-55-46(16-1)47-17-2-9-24-56(47)67(55)60-28-13-6-22-53(60)66-61(67)29-15-30-63(66)69(44-35-32-42(33-36-44)43-34-39-65-54(40-43)52-21-7-14-31-64(52)70-65)45-37-38-51-50-20-5-12-27-59(50)68(62(51)41-45)57-25-10-3-18-48(57)49-19-4-11-26-58(49)68/h1-41H. The highest BCUT2D eigenvalue weighted by molar-refractivity contribution is 7.25. The van der Waals surface area contributed by atoms with Crippen LogP contribution in [-0.2, 0) is 10.8 Å². The van der Waals surface area contributed by atoms with Gasteiger partial charge in [0.15, 0.2) is 0 Å². The minimum absolute atomic E-state index is 0.462. The van der Waals surface area contributed by atoms with Crippen molar-refractivity contribution in [2.24, 2.45) is 0 Å². The molecule has 0 atom stereocenters. The molecule has 1 nitrogen and oxygen atoms in total. The van der Waals surface area contributed by atoms with Gasteiger partial charge in [-0.05, 0) is 143 Å². The molecule has 1 aromatic heterocycles. The Hall–Kier alpha value is -8.56. The maximum Gasteiger partial charge on any atom is 0.0726 e. The lowest BCUT2D eigenvalue weighted by Crippen LogP contribution is -2.26. The van der Waals surface area contributed by atoms with Gasteiger partial charge in [0, 0.05) is 37.1 Å². The van der Waals surface area contributed by atoms with Gasteiger partial charge in [-0.3, -0.25) is 0 Å². The molecule has 2 spiro atoms. The van der Waals surface area contributed by atoms with E-state index in [2.05, 4.69) is 254 Å². The van der Waals surface area contributed by atoms with Gasteiger partial charge in [0.25, 0.3) is 0 Å². The molecule has 1 heterocycles. The van der Waals surface area contributed by atoms with E-state index in [4.69, 9.17) is 0 Å².